The monoisotopic (exact) mass is 395 g/mol. The van der Waals surface area contributed by atoms with E-state index >= 15 is 0 Å². The van der Waals surface area contributed by atoms with Gasteiger partial charge in [0.25, 0.3) is 5.56 Å². The fourth-order valence-corrected chi connectivity index (χ4v) is 5.18. The molecule has 1 saturated heterocycles. The van der Waals surface area contributed by atoms with E-state index in [1.54, 1.807) is 10.7 Å². The Morgan fingerprint density at radius 3 is 3.04 bits per heavy atom. The first-order chi connectivity index (χ1) is 13.7. The molecule has 3 aliphatic rings. The van der Waals surface area contributed by atoms with E-state index in [2.05, 4.69) is 16.5 Å². The Bertz CT molecular complexity index is 1030. The van der Waals surface area contributed by atoms with Gasteiger partial charge in [0.05, 0.1) is 30.5 Å². The maximum atomic E-state index is 12.7. The quantitative estimate of drug-likeness (QED) is 0.848. The zero-order valence-corrected chi connectivity index (χ0v) is 16.3. The second-order valence-corrected chi connectivity index (χ2v) is 8.62. The standard InChI is InChI=1S/C20H21N5O2S/c21-8-13-6-12-2-1-3-15(12)22-20(13)23-17-9-27-10-18(17)25-19(26)7-14-11-28-5-4-16(14)24-25/h6-7,17-18H,1-5,9-11H2,(H,22,23). The molecular weight excluding hydrogens is 374 g/mol. The Labute approximate surface area is 167 Å². The highest BCUT2D eigenvalue weighted by Crippen LogP contribution is 2.28. The van der Waals surface area contributed by atoms with Crippen LogP contribution in [0.5, 0.6) is 0 Å². The molecular formula is C20H21N5O2S. The Morgan fingerprint density at radius 1 is 1.21 bits per heavy atom. The van der Waals surface area contributed by atoms with Gasteiger partial charge in [-0.1, -0.05) is 0 Å². The van der Waals surface area contributed by atoms with Crippen LogP contribution in [0.25, 0.3) is 0 Å². The van der Waals surface area contributed by atoms with Gasteiger partial charge in [0.15, 0.2) is 0 Å². The van der Waals surface area contributed by atoms with Crippen LogP contribution in [0.3, 0.4) is 0 Å². The van der Waals surface area contributed by atoms with Crippen molar-refractivity contribution in [2.24, 2.45) is 0 Å². The van der Waals surface area contributed by atoms with Gasteiger partial charge in [0, 0.05) is 23.9 Å². The maximum Gasteiger partial charge on any atom is 0.267 e. The molecule has 7 nitrogen and oxygen atoms in total. The lowest BCUT2D eigenvalue weighted by Gasteiger charge is -2.23. The number of anilines is 1. The largest absolute Gasteiger partial charge is 0.377 e. The average Bonchev–Trinajstić information content (AvgIpc) is 3.35. The van der Waals surface area contributed by atoms with E-state index in [0.29, 0.717) is 24.6 Å². The zero-order chi connectivity index (χ0) is 19.1. The van der Waals surface area contributed by atoms with Crippen molar-refractivity contribution < 1.29 is 4.74 Å². The van der Waals surface area contributed by atoms with Crippen molar-refractivity contribution in [2.45, 2.75) is 43.5 Å². The number of rotatable bonds is 3. The fourth-order valence-electron chi connectivity index (χ4n) is 4.23. The average molecular weight is 395 g/mol. The van der Waals surface area contributed by atoms with Crippen LogP contribution in [0, 0.1) is 11.3 Å². The summed E-state index contributed by atoms with van der Waals surface area (Å²) in [5, 5.41) is 17.6. The molecule has 2 atom stereocenters. The van der Waals surface area contributed by atoms with Crippen LogP contribution in [0.15, 0.2) is 16.9 Å². The number of aromatic nitrogens is 3. The molecule has 0 radical (unpaired) electrons. The van der Waals surface area contributed by atoms with Gasteiger partial charge in [-0.3, -0.25) is 4.79 Å². The molecule has 28 heavy (non-hydrogen) atoms. The van der Waals surface area contributed by atoms with Gasteiger partial charge in [-0.15, -0.1) is 0 Å². The maximum absolute atomic E-state index is 12.7. The molecule has 5 rings (SSSR count). The van der Waals surface area contributed by atoms with E-state index in [1.165, 1.54) is 5.56 Å². The van der Waals surface area contributed by atoms with E-state index in [-0.39, 0.29) is 17.6 Å². The topological polar surface area (TPSA) is 92.8 Å². The second-order valence-electron chi connectivity index (χ2n) is 7.51. The van der Waals surface area contributed by atoms with Crippen LogP contribution >= 0.6 is 11.8 Å². The van der Waals surface area contributed by atoms with Crippen molar-refractivity contribution in [1.82, 2.24) is 14.8 Å². The number of nitrogens with one attached hydrogen (secondary N) is 1. The minimum absolute atomic E-state index is 0.0917. The molecule has 2 aromatic heterocycles. The second kappa shape index (κ2) is 7.22. The summed E-state index contributed by atoms with van der Waals surface area (Å²) in [4.78, 5) is 17.4. The number of nitriles is 1. The van der Waals surface area contributed by atoms with E-state index in [0.717, 1.165) is 54.1 Å². The number of hydrogen-bond donors (Lipinski definition) is 1. The van der Waals surface area contributed by atoms with Crippen molar-refractivity contribution >= 4 is 17.6 Å². The van der Waals surface area contributed by atoms with E-state index in [9.17, 15) is 10.1 Å². The van der Waals surface area contributed by atoms with Crippen molar-refractivity contribution in [3.8, 4) is 6.07 Å². The van der Waals surface area contributed by atoms with Gasteiger partial charge < -0.3 is 10.1 Å². The molecule has 0 bridgehead atoms. The van der Waals surface area contributed by atoms with Crippen LogP contribution in [0.1, 0.15) is 40.5 Å². The van der Waals surface area contributed by atoms with E-state index in [4.69, 9.17) is 9.72 Å². The Hall–Kier alpha value is -2.37. The summed E-state index contributed by atoms with van der Waals surface area (Å²) < 4.78 is 7.25. The SMILES string of the molecule is N#Cc1cc2c(nc1NC1COCC1n1nc3c(cc1=O)CSCC3)CCC2. The Balaban J connectivity index is 1.46. The number of ether oxygens (including phenoxy) is 1. The number of hydrogen-bond acceptors (Lipinski definition) is 7. The summed E-state index contributed by atoms with van der Waals surface area (Å²) in [6.45, 7) is 0.875. The zero-order valence-electron chi connectivity index (χ0n) is 15.5. The lowest BCUT2D eigenvalue weighted by Crippen LogP contribution is -2.38. The normalized spacial score (nSPS) is 23.1. The van der Waals surface area contributed by atoms with Crippen LogP contribution in [-0.4, -0.2) is 39.8 Å². The minimum atomic E-state index is -0.214. The third-order valence-electron chi connectivity index (χ3n) is 5.72. The number of fused-ring (bicyclic) bond motifs is 2. The molecule has 2 aromatic rings. The minimum Gasteiger partial charge on any atom is -0.377 e. The molecule has 2 aliphatic heterocycles. The van der Waals surface area contributed by atoms with Gasteiger partial charge in [-0.2, -0.15) is 22.1 Å². The molecule has 0 saturated carbocycles. The smallest absolute Gasteiger partial charge is 0.267 e. The lowest BCUT2D eigenvalue weighted by atomic mass is 10.1. The van der Waals surface area contributed by atoms with Gasteiger partial charge in [0.1, 0.15) is 17.9 Å². The van der Waals surface area contributed by atoms with Crippen LogP contribution in [0.2, 0.25) is 0 Å². The van der Waals surface area contributed by atoms with Crippen molar-refractivity contribution in [3.63, 3.8) is 0 Å². The molecule has 0 spiro atoms. The molecule has 144 valence electrons. The summed E-state index contributed by atoms with van der Waals surface area (Å²) in [5.74, 6) is 2.48. The molecule has 4 heterocycles. The highest BCUT2D eigenvalue weighted by atomic mass is 32.2. The first-order valence-electron chi connectivity index (χ1n) is 9.69. The third kappa shape index (κ3) is 3.09. The molecule has 0 amide bonds. The van der Waals surface area contributed by atoms with Gasteiger partial charge >= 0.3 is 0 Å². The van der Waals surface area contributed by atoms with Crippen molar-refractivity contribution in [3.05, 3.63) is 50.6 Å². The third-order valence-corrected chi connectivity index (χ3v) is 6.73. The summed E-state index contributed by atoms with van der Waals surface area (Å²) in [7, 11) is 0. The van der Waals surface area contributed by atoms with Gasteiger partial charge in [0.2, 0.25) is 0 Å². The van der Waals surface area contributed by atoms with E-state index in [1.807, 2.05) is 17.8 Å². The molecule has 8 heteroatoms. The number of thioether (sulfide) groups is 1. The van der Waals surface area contributed by atoms with Crippen molar-refractivity contribution in [2.75, 3.05) is 24.3 Å². The lowest BCUT2D eigenvalue weighted by molar-refractivity contribution is 0.182. The molecule has 1 fully saturated rings. The summed E-state index contributed by atoms with van der Waals surface area (Å²) in [6, 6.07) is 5.56. The number of aryl methyl sites for hydroxylation is 3. The summed E-state index contributed by atoms with van der Waals surface area (Å²) >= 11 is 1.84. The predicted octanol–water partition coefficient (Wildman–Crippen LogP) is 1.84. The fraction of sp³-hybridized carbons (Fsp3) is 0.500. The number of pyridine rings is 1. The van der Waals surface area contributed by atoms with Crippen LogP contribution in [-0.2, 0) is 29.8 Å². The Kier molecular flexibility index (Phi) is 4.57. The first kappa shape index (κ1) is 17.7. The molecule has 1 aliphatic carbocycles. The highest BCUT2D eigenvalue weighted by Gasteiger charge is 2.33. The van der Waals surface area contributed by atoms with Gasteiger partial charge in [-0.25, -0.2) is 9.67 Å². The first-order valence-corrected chi connectivity index (χ1v) is 10.8. The predicted molar refractivity (Wildman–Crippen MR) is 107 cm³/mol. The van der Waals surface area contributed by atoms with Crippen molar-refractivity contribution in [1.29, 1.82) is 5.26 Å². The summed E-state index contributed by atoms with van der Waals surface area (Å²) in [5.41, 5.74) is 4.76. The Morgan fingerprint density at radius 2 is 2.14 bits per heavy atom. The summed E-state index contributed by atoms with van der Waals surface area (Å²) in [6.07, 6.45) is 3.90. The van der Waals surface area contributed by atoms with E-state index < -0.39 is 0 Å². The van der Waals surface area contributed by atoms with Crippen LogP contribution < -0.4 is 10.9 Å². The van der Waals surface area contributed by atoms with Crippen LogP contribution in [0.4, 0.5) is 5.82 Å². The molecule has 1 N–H and O–H groups in total. The highest BCUT2D eigenvalue weighted by molar-refractivity contribution is 7.98. The number of nitrogens with zero attached hydrogens (tertiary/aromatic N) is 4. The molecule has 2 unspecified atom stereocenters. The molecule has 0 aromatic carbocycles. The van der Waals surface area contributed by atoms with Gasteiger partial charge in [-0.05, 0) is 42.2 Å².